The van der Waals surface area contributed by atoms with Crippen molar-refractivity contribution in [1.29, 1.82) is 5.41 Å². The van der Waals surface area contributed by atoms with E-state index in [1.54, 1.807) is 6.07 Å². The van der Waals surface area contributed by atoms with Gasteiger partial charge in [0.15, 0.2) is 0 Å². The number of carbonyl (C=O) groups excluding carboxylic acids is 1. The number of nitrogens with zero attached hydrogens (tertiary/aromatic N) is 4. The van der Waals surface area contributed by atoms with Gasteiger partial charge in [0.2, 0.25) is 20.2 Å². The summed E-state index contributed by atoms with van der Waals surface area (Å²) in [6.45, 7) is 2.48. The number of ether oxygens (including phenoxy) is 1. The number of aliphatic imine (C=N–C) groups is 1. The average molecular weight is 444 g/mol. The van der Waals surface area contributed by atoms with Crippen LogP contribution in [0.25, 0.3) is 11.8 Å². The molecule has 0 radical (unpaired) electrons. The summed E-state index contributed by atoms with van der Waals surface area (Å²) in [6, 6.07) is 11.0. The Morgan fingerprint density at radius 2 is 1.97 bits per heavy atom. The molecule has 4 rings (SSSR count). The molecule has 3 heterocycles. The Bertz CT molecular complexity index is 1240. The van der Waals surface area contributed by atoms with Crippen molar-refractivity contribution in [2.45, 2.75) is 6.92 Å². The lowest BCUT2D eigenvalue weighted by molar-refractivity contribution is -0.114. The zero-order chi connectivity index (χ0) is 21.5. The van der Waals surface area contributed by atoms with E-state index in [1.165, 1.54) is 6.08 Å². The highest BCUT2D eigenvalue weighted by atomic mass is 32.2. The van der Waals surface area contributed by atoms with Gasteiger partial charge in [-0.2, -0.15) is 9.39 Å². The summed E-state index contributed by atoms with van der Waals surface area (Å²) in [6.07, 6.45) is 4.34. The second kappa shape index (κ2) is 7.58. The quantitative estimate of drug-likeness (QED) is 0.573. The van der Waals surface area contributed by atoms with Gasteiger partial charge < -0.3 is 9.30 Å². The molecule has 0 saturated heterocycles. The van der Waals surface area contributed by atoms with E-state index in [0.29, 0.717) is 12.3 Å². The van der Waals surface area contributed by atoms with Crippen LogP contribution in [0.1, 0.15) is 12.6 Å². The molecule has 0 unspecified atom stereocenters. The molecule has 1 amide bonds. The molecule has 9 nitrogen and oxygen atoms in total. The van der Waals surface area contributed by atoms with Crippen LogP contribution in [-0.2, 0) is 14.6 Å². The van der Waals surface area contributed by atoms with Crippen molar-refractivity contribution >= 4 is 49.9 Å². The molecule has 0 atom stereocenters. The number of hydrogen-bond donors (Lipinski definition) is 1. The number of amides is 1. The van der Waals surface area contributed by atoms with Crippen LogP contribution in [0.15, 0.2) is 57.6 Å². The minimum absolute atomic E-state index is 0.0245. The predicted octanol–water partition coefficient (Wildman–Crippen LogP) is 2.50. The molecular weight excluding hydrogens is 426 g/mol. The molecule has 1 aromatic carbocycles. The van der Waals surface area contributed by atoms with Crippen molar-refractivity contribution in [3.8, 4) is 11.4 Å². The van der Waals surface area contributed by atoms with Crippen molar-refractivity contribution < 1.29 is 17.9 Å². The summed E-state index contributed by atoms with van der Waals surface area (Å²) in [4.78, 5) is 17.5. The highest BCUT2D eigenvalue weighted by molar-refractivity contribution is 8.16. The first-order valence-corrected chi connectivity index (χ1v) is 11.6. The third kappa shape index (κ3) is 3.57. The van der Waals surface area contributed by atoms with Crippen molar-refractivity contribution in [3.05, 3.63) is 53.9 Å². The molecule has 30 heavy (non-hydrogen) atoms. The fourth-order valence-corrected chi connectivity index (χ4v) is 4.85. The monoisotopic (exact) mass is 443 g/mol. The van der Waals surface area contributed by atoms with Gasteiger partial charge in [-0.25, -0.2) is 13.3 Å². The fraction of sp³-hybridized carbons (Fsp3) is 0.158. The van der Waals surface area contributed by atoms with Crippen LogP contribution in [-0.4, -0.2) is 52.8 Å². The first kappa shape index (κ1) is 20.1. The molecule has 0 bridgehead atoms. The molecule has 0 spiro atoms. The number of aromatic nitrogens is 1. The van der Waals surface area contributed by atoms with Crippen molar-refractivity contribution in [2.24, 2.45) is 9.39 Å². The topological polar surface area (TPSA) is 117 Å². The minimum atomic E-state index is -3.69. The number of nitrogens with one attached hydrogen (secondary N) is 1. The maximum atomic E-state index is 12.5. The third-order valence-electron chi connectivity index (χ3n) is 4.32. The van der Waals surface area contributed by atoms with Crippen LogP contribution >= 0.6 is 11.9 Å². The van der Waals surface area contributed by atoms with Gasteiger partial charge in [0.05, 0.1) is 24.1 Å². The van der Waals surface area contributed by atoms with Gasteiger partial charge in [-0.3, -0.25) is 10.2 Å². The van der Waals surface area contributed by atoms with Gasteiger partial charge in [0.25, 0.3) is 5.91 Å². The molecule has 1 aromatic heterocycles. The summed E-state index contributed by atoms with van der Waals surface area (Å²) in [5, 5.41) is 8.19. The summed E-state index contributed by atoms with van der Waals surface area (Å²) < 4.78 is 35.2. The van der Waals surface area contributed by atoms with E-state index in [4.69, 9.17) is 10.1 Å². The zero-order valence-corrected chi connectivity index (χ0v) is 17.7. The molecule has 2 aromatic rings. The number of fused-ring (bicyclic) bond motifs is 1. The molecule has 2 aliphatic rings. The summed E-state index contributed by atoms with van der Waals surface area (Å²) in [5.41, 5.74) is 1.45. The summed E-state index contributed by atoms with van der Waals surface area (Å²) >= 11 is 0.763. The van der Waals surface area contributed by atoms with Gasteiger partial charge in [-0.1, -0.05) is 0 Å². The van der Waals surface area contributed by atoms with Crippen LogP contribution < -0.4 is 4.74 Å². The zero-order valence-electron chi connectivity index (χ0n) is 16.1. The van der Waals surface area contributed by atoms with E-state index in [-0.39, 0.29) is 21.7 Å². The fourth-order valence-electron chi connectivity index (χ4n) is 3.00. The predicted molar refractivity (Wildman–Crippen MR) is 117 cm³/mol. The van der Waals surface area contributed by atoms with Crippen LogP contribution in [0.3, 0.4) is 0 Å². The molecule has 11 heteroatoms. The average Bonchev–Trinajstić information content (AvgIpc) is 3.33. The van der Waals surface area contributed by atoms with Crippen LogP contribution in [0.2, 0.25) is 0 Å². The van der Waals surface area contributed by atoms with E-state index in [2.05, 4.69) is 9.39 Å². The Morgan fingerprint density at radius 1 is 1.23 bits per heavy atom. The van der Waals surface area contributed by atoms with Crippen molar-refractivity contribution in [2.75, 3.05) is 12.9 Å². The lowest BCUT2D eigenvalue weighted by Crippen LogP contribution is -2.45. The second-order valence-electron chi connectivity index (χ2n) is 6.41. The Kier molecular flexibility index (Phi) is 5.08. The Morgan fingerprint density at radius 3 is 2.63 bits per heavy atom. The highest BCUT2D eigenvalue weighted by Gasteiger charge is 2.41. The summed E-state index contributed by atoms with van der Waals surface area (Å²) in [5.74, 6) is -0.152. The number of benzene rings is 1. The van der Waals surface area contributed by atoms with Crippen molar-refractivity contribution in [1.82, 2.24) is 9.47 Å². The first-order chi connectivity index (χ1) is 14.3. The van der Waals surface area contributed by atoms with Crippen LogP contribution in [0.5, 0.6) is 5.75 Å². The molecule has 2 aliphatic heterocycles. The number of sulfone groups is 1. The lowest BCUT2D eigenvalue weighted by Gasteiger charge is -2.23. The SMILES string of the molecule is CCOc1ccc(-n2cccc2/C=C2/C(=N)N3C(=NC2=O)SN=C3S(C)(=O)=O)cc1. The van der Waals surface area contributed by atoms with E-state index in [9.17, 15) is 13.2 Å². The number of amidine groups is 3. The highest BCUT2D eigenvalue weighted by Crippen LogP contribution is 2.30. The van der Waals surface area contributed by atoms with Gasteiger partial charge in [-0.05, 0) is 49.4 Å². The largest absolute Gasteiger partial charge is 0.494 e. The number of rotatable bonds is 4. The molecule has 154 valence electrons. The van der Waals surface area contributed by atoms with Gasteiger partial charge >= 0.3 is 0 Å². The van der Waals surface area contributed by atoms with E-state index >= 15 is 0 Å². The van der Waals surface area contributed by atoms with Gasteiger partial charge in [-0.15, -0.1) is 0 Å². The Balaban J connectivity index is 1.71. The lowest BCUT2D eigenvalue weighted by atomic mass is 10.1. The smallest absolute Gasteiger partial charge is 0.283 e. The molecular formula is C19H17N5O4S2. The third-order valence-corrected chi connectivity index (χ3v) is 6.08. The molecule has 0 saturated carbocycles. The molecule has 0 aliphatic carbocycles. The van der Waals surface area contributed by atoms with E-state index < -0.39 is 15.7 Å². The molecule has 0 fully saturated rings. The number of carbonyl (C=O) groups is 1. The second-order valence-corrected chi connectivity index (χ2v) is 9.05. The Hall–Kier alpha value is -3.18. The standard InChI is InChI=1S/C19H17N5O4S2/c1-3-28-14-8-6-12(7-9-14)23-10-4-5-13(23)11-15-16(20)24-18(21-17(15)25)29-22-19(24)30(2,26)27/h4-11,20H,3H2,1-2H3/b15-11-,20-16?. The molecule has 1 N–H and O–H groups in total. The first-order valence-electron chi connectivity index (χ1n) is 8.89. The Labute approximate surface area is 177 Å². The van der Waals surface area contributed by atoms with Gasteiger partial charge in [0, 0.05) is 23.8 Å². The van der Waals surface area contributed by atoms with Crippen LogP contribution in [0, 0.1) is 5.41 Å². The number of hydrogen-bond acceptors (Lipinski definition) is 7. The van der Waals surface area contributed by atoms with Gasteiger partial charge in [0.1, 0.15) is 11.6 Å². The van der Waals surface area contributed by atoms with Crippen LogP contribution in [0.4, 0.5) is 0 Å². The van der Waals surface area contributed by atoms with E-state index in [0.717, 1.165) is 34.5 Å². The van der Waals surface area contributed by atoms with E-state index in [1.807, 2.05) is 48.0 Å². The maximum absolute atomic E-state index is 12.5. The van der Waals surface area contributed by atoms with Crippen molar-refractivity contribution in [3.63, 3.8) is 0 Å². The minimum Gasteiger partial charge on any atom is -0.494 e. The maximum Gasteiger partial charge on any atom is 0.283 e. The normalized spacial score (nSPS) is 17.8. The summed E-state index contributed by atoms with van der Waals surface area (Å²) in [7, 11) is -3.69.